The van der Waals surface area contributed by atoms with Crippen LogP contribution in [0.25, 0.3) is 11.1 Å². The monoisotopic (exact) mass is 359 g/mol. The number of nitrogens with one attached hydrogen (secondary N) is 1. The minimum atomic E-state index is -0.809. The Balaban J connectivity index is 1.75. The molecule has 0 aliphatic carbocycles. The standard InChI is InChI=1S/C24H25NO2/c1-18-22(17-24(26)27)21(20-12-6-3-7-13-20)14-15-23(18)25-16-8-11-19-9-4-2-5-10-19/h2-7,9-10,12-15,25H,8,11,16-17H2,1H3,(H,26,27). The van der Waals surface area contributed by atoms with Crippen LogP contribution in [0.1, 0.15) is 23.1 Å². The van der Waals surface area contributed by atoms with Gasteiger partial charge in [0.1, 0.15) is 0 Å². The molecule has 0 atom stereocenters. The van der Waals surface area contributed by atoms with Crippen LogP contribution in [0.3, 0.4) is 0 Å². The topological polar surface area (TPSA) is 49.3 Å². The second kappa shape index (κ2) is 9.04. The zero-order chi connectivity index (χ0) is 19.1. The predicted molar refractivity (Wildman–Crippen MR) is 111 cm³/mol. The van der Waals surface area contributed by atoms with Gasteiger partial charge < -0.3 is 10.4 Å². The molecule has 0 unspecified atom stereocenters. The van der Waals surface area contributed by atoms with Crippen LogP contribution in [0.15, 0.2) is 72.8 Å². The number of carboxylic acid groups (broad SMARTS) is 1. The largest absolute Gasteiger partial charge is 0.481 e. The first-order valence-corrected chi connectivity index (χ1v) is 9.32. The van der Waals surface area contributed by atoms with Gasteiger partial charge in [-0.25, -0.2) is 0 Å². The van der Waals surface area contributed by atoms with Crippen molar-refractivity contribution in [1.29, 1.82) is 0 Å². The molecule has 3 aromatic carbocycles. The van der Waals surface area contributed by atoms with E-state index in [1.807, 2.05) is 49.4 Å². The summed E-state index contributed by atoms with van der Waals surface area (Å²) in [4.78, 5) is 11.4. The van der Waals surface area contributed by atoms with Crippen molar-refractivity contribution in [2.45, 2.75) is 26.2 Å². The van der Waals surface area contributed by atoms with E-state index in [4.69, 9.17) is 0 Å². The minimum Gasteiger partial charge on any atom is -0.481 e. The molecule has 0 saturated heterocycles. The SMILES string of the molecule is Cc1c(NCCCc2ccccc2)ccc(-c2ccccc2)c1CC(=O)O. The Hall–Kier alpha value is -3.07. The molecule has 0 fully saturated rings. The second-order valence-electron chi connectivity index (χ2n) is 6.72. The number of anilines is 1. The van der Waals surface area contributed by atoms with Crippen LogP contribution in [0, 0.1) is 6.92 Å². The van der Waals surface area contributed by atoms with Crippen LogP contribution in [-0.4, -0.2) is 17.6 Å². The zero-order valence-corrected chi connectivity index (χ0v) is 15.6. The van der Waals surface area contributed by atoms with Crippen molar-refractivity contribution in [3.8, 4) is 11.1 Å². The van der Waals surface area contributed by atoms with Gasteiger partial charge in [0.15, 0.2) is 0 Å². The van der Waals surface area contributed by atoms with Gasteiger partial charge in [0, 0.05) is 12.2 Å². The zero-order valence-electron chi connectivity index (χ0n) is 15.6. The van der Waals surface area contributed by atoms with Crippen molar-refractivity contribution in [3.05, 3.63) is 89.5 Å². The van der Waals surface area contributed by atoms with Crippen LogP contribution in [0.4, 0.5) is 5.69 Å². The number of rotatable bonds is 8. The van der Waals surface area contributed by atoms with Crippen LogP contribution in [-0.2, 0) is 17.6 Å². The number of aliphatic carboxylic acids is 1. The summed E-state index contributed by atoms with van der Waals surface area (Å²) >= 11 is 0. The van der Waals surface area contributed by atoms with E-state index < -0.39 is 5.97 Å². The van der Waals surface area contributed by atoms with Gasteiger partial charge in [0.2, 0.25) is 0 Å². The molecule has 0 heterocycles. The van der Waals surface area contributed by atoms with Crippen LogP contribution >= 0.6 is 0 Å². The fourth-order valence-electron chi connectivity index (χ4n) is 3.38. The van der Waals surface area contributed by atoms with Crippen LogP contribution in [0.2, 0.25) is 0 Å². The fourth-order valence-corrected chi connectivity index (χ4v) is 3.38. The first-order chi connectivity index (χ1) is 13.1. The third kappa shape index (κ3) is 4.98. The van der Waals surface area contributed by atoms with Crippen molar-refractivity contribution in [1.82, 2.24) is 0 Å². The normalized spacial score (nSPS) is 10.6. The van der Waals surface area contributed by atoms with E-state index in [9.17, 15) is 9.90 Å². The van der Waals surface area contributed by atoms with Gasteiger partial charge in [0.25, 0.3) is 0 Å². The molecule has 138 valence electrons. The molecule has 3 nitrogen and oxygen atoms in total. The van der Waals surface area contributed by atoms with Gasteiger partial charge in [0.05, 0.1) is 6.42 Å². The van der Waals surface area contributed by atoms with Gasteiger partial charge in [-0.05, 0) is 53.6 Å². The summed E-state index contributed by atoms with van der Waals surface area (Å²) in [6, 6.07) is 24.5. The minimum absolute atomic E-state index is 0.0234. The lowest BCUT2D eigenvalue weighted by Gasteiger charge is -2.17. The highest BCUT2D eigenvalue weighted by atomic mass is 16.4. The first-order valence-electron chi connectivity index (χ1n) is 9.32. The summed E-state index contributed by atoms with van der Waals surface area (Å²) in [6.07, 6.45) is 2.07. The molecule has 2 N–H and O–H groups in total. The second-order valence-corrected chi connectivity index (χ2v) is 6.72. The first kappa shape index (κ1) is 18.7. The van der Waals surface area contributed by atoms with Crippen molar-refractivity contribution < 1.29 is 9.90 Å². The highest BCUT2D eigenvalue weighted by Gasteiger charge is 2.14. The molecule has 3 heteroatoms. The van der Waals surface area contributed by atoms with E-state index in [1.54, 1.807) is 0 Å². The van der Waals surface area contributed by atoms with E-state index in [2.05, 4.69) is 35.6 Å². The summed E-state index contributed by atoms with van der Waals surface area (Å²) in [5.74, 6) is -0.809. The number of carbonyl (C=O) groups is 1. The van der Waals surface area contributed by atoms with Crippen LogP contribution in [0.5, 0.6) is 0 Å². The van der Waals surface area contributed by atoms with E-state index in [-0.39, 0.29) is 6.42 Å². The molecule has 0 bridgehead atoms. The molecule has 0 amide bonds. The number of hydrogen-bond acceptors (Lipinski definition) is 2. The maximum Gasteiger partial charge on any atom is 0.307 e. The summed E-state index contributed by atoms with van der Waals surface area (Å²) < 4.78 is 0. The molecule has 0 spiro atoms. The Morgan fingerprint density at radius 3 is 2.26 bits per heavy atom. The number of aryl methyl sites for hydroxylation is 1. The van der Waals surface area contributed by atoms with E-state index >= 15 is 0 Å². The van der Waals surface area contributed by atoms with Crippen molar-refractivity contribution in [2.24, 2.45) is 0 Å². The Kier molecular flexibility index (Phi) is 6.26. The van der Waals surface area contributed by atoms with Gasteiger partial charge in [-0.3, -0.25) is 4.79 Å². The van der Waals surface area contributed by atoms with Crippen LogP contribution < -0.4 is 5.32 Å². The van der Waals surface area contributed by atoms with Crippen molar-refractivity contribution in [2.75, 3.05) is 11.9 Å². The average Bonchev–Trinajstić information content (AvgIpc) is 2.69. The number of carboxylic acids is 1. The molecular formula is C24H25NO2. The fraction of sp³-hybridized carbons (Fsp3) is 0.208. The molecular weight excluding hydrogens is 334 g/mol. The maximum atomic E-state index is 11.4. The van der Waals surface area contributed by atoms with Gasteiger partial charge in [-0.1, -0.05) is 66.7 Å². The third-order valence-corrected chi connectivity index (χ3v) is 4.81. The van der Waals surface area contributed by atoms with E-state index in [1.165, 1.54) is 5.56 Å². The van der Waals surface area contributed by atoms with Crippen molar-refractivity contribution in [3.63, 3.8) is 0 Å². The number of benzene rings is 3. The van der Waals surface area contributed by atoms with Gasteiger partial charge >= 0.3 is 5.97 Å². The summed E-state index contributed by atoms with van der Waals surface area (Å²) in [7, 11) is 0. The lowest BCUT2D eigenvalue weighted by Crippen LogP contribution is -2.09. The summed E-state index contributed by atoms with van der Waals surface area (Å²) in [6.45, 7) is 2.86. The molecule has 0 saturated carbocycles. The Morgan fingerprint density at radius 2 is 1.59 bits per heavy atom. The molecule has 27 heavy (non-hydrogen) atoms. The molecule has 0 aromatic heterocycles. The van der Waals surface area contributed by atoms with E-state index in [0.717, 1.165) is 47.3 Å². The van der Waals surface area contributed by atoms with Gasteiger partial charge in [-0.15, -0.1) is 0 Å². The summed E-state index contributed by atoms with van der Waals surface area (Å²) in [5, 5.41) is 12.9. The molecule has 3 rings (SSSR count). The van der Waals surface area contributed by atoms with E-state index in [0.29, 0.717) is 0 Å². The van der Waals surface area contributed by atoms with Crippen molar-refractivity contribution >= 4 is 11.7 Å². The lowest BCUT2D eigenvalue weighted by molar-refractivity contribution is -0.136. The number of hydrogen-bond donors (Lipinski definition) is 2. The highest BCUT2D eigenvalue weighted by Crippen LogP contribution is 2.31. The smallest absolute Gasteiger partial charge is 0.307 e. The molecule has 0 aliphatic heterocycles. The maximum absolute atomic E-state index is 11.4. The van der Waals surface area contributed by atoms with Gasteiger partial charge in [-0.2, -0.15) is 0 Å². The summed E-state index contributed by atoms with van der Waals surface area (Å²) in [5.41, 5.74) is 6.28. The Bertz CT molecular complexity index is 889. The Labute approximate surface area is 160 Å². The molecule has 3 aromatic rings. The highest BCUT2D eigenvalue weighted by molar-refractivity contribution is 5.80. The predicted octanol–water partition coefficient (Wildman–Crippen LogP) is 5.33. The quantitative estimate of drug-likeness (QED) is 0.534. The average molecular weight is 359 g/mol. The lowest BCUT2D eigenvalue weighted by atomic mass is 9.92. The Morgan fingerprint density at radius 1 is 0.926 bits per heavy atom. The molecule has 0 aliphatic rings. The molecule has 0 radical (unpaired) electrons. The third-order valence-electron chi connectivity index (χ3n) is 4.81.